The maximum Gasteiger partial charge on any atom is 0.0195 e. The van der Waals surface area contributed by atoms with Gasteiger partial charge in [0.25, 0.3) is 0 Å². The van der Waals surface area contributed by atoms with Crippen LogP contribution in [-0.4, -0.2) is 37.1 Å². The summed E-state index contributed by atoms with van der Waals surface area (Å²) >= 11 is 0. The molecule has 17 heavy (non-hydrogen) atoms. The predicted octanol–water partition coefficient (Wildman–Crippen LogP) is 3.03. The molecule has 1 aliphatic carbocycles. The van der Waals surface area contributed by atoms with Crippen molar-refractivity contribution in [2.45, 2.75) is 70.9 Å². The highest BCUT2D eigenvalue weighted by Gasteiger charge is 2.35. The van der Waals surface area contributed by atoms with Crippen molar-refractivity contribution < 1.29 is 0 Å². The maximum atomic E-state index is 3.67. The van der Waals surface area contributed by atoms with Crippen molar-refractivity contribution in [2.24, 2.45) is 5.41 Å². The van der Waals surface area contributed by atoms with E-state index in [1.54, 1.807) is 0 Å². The number of hydrogen-bond acceptors (Lipinski definition) is 2. The minimum absolute atomic E-state index is 0.516. The van der Waals surface area contributed by atoms with Crippen molar-refractivity contribution in [3.05, 3.63) is 0 Å². The second kappa shape index (κ2) is 5.71. The summed E-state index contributed by atoms with van der Waals surface area (Å²) in [5.74, 6) is 0. The number of hydrogen-bond donors (Lipinski definition) is 1. The number of rotatable bonds is 3. The highest BCUT2D eigenvalue weighted by molar-refractivity contribution is 4.90. The van der Waals surface area contributed by atoms with Crippen molar-refractivity contribution >= 4 is 0 Å². The number of likely N-dealkylation sites (N-methyl/N-ethyl adjacent to an activating group) is 1. The summed E-state index contributed by atoms with van der Waals surface area (Å²) in [6.07, 6.45) is 9.82. The molecule has 1 saturated heterocycles. The number of nitrogens with one attached hydrogen (secondary N) is 1. The van der Waals surface area contributed by atoms with Crippen LogP contribution in [0.25, 0.3) is 0 Å². The summed E-state index contributed by atoms with van der Waals surface area (Å²) < 4.78 is 0. The molecular weight excluding hydrogens is 208 g/mol. The van der Waals surface area contributed by atoms with Gasteiger partial charge in [0.1, 0.15) is 0 Å². The molecule has 100 valence electrons. The lowest BCUT2D eigenvalue weighted by molar-refractivity contribution is 0.0590. The topological polar surface area (TPSA) is 15.3 Å². The largest absolute Gasteiger partial charge is 0.313 e. The molecular formula is C15H30N2. The van der Waals surface area contributed by atoms with Crippen molar-refractivity contribution in [3.8, 4) is 0 Å². The van der Waals surface area contributed by atoms with E-state index in [1.165, 1.54) is 58.0 Å². The smallest absolute Gasteiger partial charge is 0.0195 e. The van der Waals surface area contributed by atoms with E-state index >= 15 is 0 Å². The van der Waals surface area contributed by atoms with Crippen LogP contribution in [-0.2, 0) is 0 Å². The van der Waals surface area contributed by atoms with Gasteiger partial charge in [-0.3, -0.25) is 0 Å². The Morgan fingerprint density at radius 2 is 1.88 bits per heavy atom. The van der Waals surface area contributed by atoms with Crippen LogP contribution < -0.4 is 5.32 Å². The first-order valence-corrected chi connectivity index (χ1v) is 7.53. The van der Waals surface area contributed by atoms with E-state index in [-0.39, 0.29) is 0 Å². The van der Waals surface area contributed by atoms with E-state index in [0.29, 0.717) is 5.41 Å². The zero-order valence-electron chi connectivity index (χ0n) is 12.0. The van der Waals surface area contributed by atoms with Gasteiger partial charge in [-0.25, -0.2) is 0 Å². The molecule has 2 unspecified atom stereocenters. The van der Waals surface area contributed by atoms with Gasteiger partial charge in [0, 0.05) is 18.6 Å². The van der Waals surface area contributed by atoms with Gasteiger partial charge in [-0.2, -0.15) is 0 Å². The quantitative estimate of drug-likeness (QED) is 0.813. The molecule has 0 aromatic rings. The Morgan fingerprint density at radius 1 is 1.12 bits per heavy atom. The second-order valence-corrected chi connectivity index (χ2v) is 6.84. The Morgan fingerprint density at radius 3 is 2.53 bits per heavy atom. The standard InChI is InChI=1S/C15H30N2/c1-15(2)10-6-4-9-14(15)17(3)12-13-8-5-7-11-16-13/h13-14,16H,4-12H2,1-3H3. The maximum absolute atomic E-state index is 3.67. The molecule has 2 fully saturated rings. The number of piperidine rings is 1. The second-order valence-electron chi connectivity index (χ2n) is 6.84. The molecule has 2 rings (SSSR count). The first-order chi connectivity index (χ1) is 8.09. The molecule has 2 aliphatic rings. The lowest BCUT2D eigenvalue weighted by Gasteiger charge is -2.45. The van der Waals surface area contributed by atoms with E-state index in [0.717, 1.165) is 12.1 Å². The van der Waals surface area contributed by atoms with Crippen LogP contribution in [0.3, 0.4) is 0 Å². The zero-order chi connectivity index (χ0) is 12.3. The summed E-state index contributed by atoms with van der Waals surface area (Å²) in [7, 11) is 2.34. The van der Waals surface area contributed by atoms with Gasteiger partial charge in [0.2, 0.25) is 0 Å². The molecule has 0 amide bonds. The lowest BCUT2D eigenvalue weighted by atomic mass is 9.72. The summed E-state index contributed by atoms with van der Waals surface area (Å²) in [6, 6.07) is 1.53. The minimum atomic E-state index is 0.516. The van der Waals surface area contributed by atoms with Crippen LogP contribution in [0.15, 0.2) is 0 Å². The van der Waals surface area contributed by atoms with Crippen LogP contribution in [0, 0.1) is 5.41 Å². The minimum Gasteiger partial charge on any atom is -0.313 e. The van der Waals surface area contributed by atoms with E-state index in [4.69, 9.17) is 0 Å². The molecule has 0 bridgehead atoms. The Kier molecular flexibility index (Phi) is 4.48. The molecule has 1 heterocycles. The molecule has 0 spiro atoms. The molecule has 1 aliphatic heterocycles. The SMILES string of the molecule is CN(CC1CCCCN1)C1CCCCC1(C)C. The van der Waals surface area contributed by atoms with Crippen LogP contribution in [0.1, 0.15) is 58.8 Å². The Balaban J connectivity index is 1.87. The van der Waals surface area contributed by atoms with Gasteiger partial charge in [0.15, 0.2) is 0 Å². The monoisotopic (exact) mass is 238 g/mol. The third kappa shape index (κ3) is 3.45. The van der Waals surface area contributed by atoms with Gasteiger partial charge < -0.3 is 10.2 Å². The van der Waals surface area contributed by atoms with Gasteiger partial charge in [0.05, 0.1) is 0 Å². The third-order valence-electron chi connectivity index (χ3n) is 4.90. The van der Waals surface area contributed by atoms with Gasteiger partial charge in [-0.05, 0) is 44.7 Å². The normalized spacial score (nSPS) is 33.9. The fraction of sp³-hybridized carbons (Fsp3) is 1.00. The van der Waals surface area contributed by atoms with Gasteiger partial charge >= 0.3 is 0 Å². The van der Waals surface area contributed by atoms with Crippen molar-refractivity contribution in [1.29, 1.82) is 0 Å². The fourth-order valence-corrected chi connectivity index (χ4v) is 3.85. The van der Waals surface area contributed by atoms with Crippen LogP contribution in [0.4, 0.5) is 0 Å². The van der Waals surface area contributed by atoms with E-state index < -0.39 is 0 Å². The first kappa shape index (κ1) is 13.4. The molecule has 0 aromatic carbocycles. The Labute approximate surface area is 107 Å². The van der Waals surface area contributed by atoms with Gasteiger partial charge in [-0.1, -0.05) is 33.1 Å². The average molecular weight is 238 g/mol. The zero-order valence-corrected chi connectivity index (χ0v) is 12.0. The van der Waals surface area contributed by atoms with Crippen LogP contribution in [0.5, 0.6) is 0 Å². The van der Waals surface area contributed by atoms with Crippen molar-refractivity contribution in [2.75, 3.05) is 20.1 Å². The summed E-state index contributed by atoms with van der Waals surface area (Å²) in [4.78, 5) is 2.64. The van der Waals surface area contributed by atoms with Crippen molar-refractivity contribution in [3.63, 3.8) is 0 Å². The van der Waals surface area contributed by atoms with Crippen LogP contribution >= 0.6 is 0 Å². The molecule has 0 radical (unpaired) electrons. The van der Waals surface area contributed by atoms with E-state index in [9.17, 15) is 0 Å². The fourth-order valence-electron chi connectivity index (χ4n) is 3.85. The average Bonchev–Trinajstić information content (AvgIpc) is 2.29. The highest BCUT2D eigenvalue weighted by atomic mass is 15.2. The highest BCUT2D eigenvalue weighted by Crippen LogP contribution is 2.38. The molecule has 2 atom stereocenters. The molecule has 2 nitrogen and oxygen atoms in total. The molecule has 1 saturated carbocycles. The van der Waals surface area contributed by atoms with E-state index in [1.807, 2.05) is 0 Å². The molecule has 1 N–H and O–H groups in total. The van der Waals surface area contributed by atoms with Crippen LogP contribution in [0.2, 0.25) is 0 Å². The van der Waals surface area contributed by atoms with Gasteiger partial charge in [-0.15, -0.1) is 0 Å². The number of nitrogens with zero attached hydrogens (tertiary/aromatic N) is 1. The Hall–Kier alpha value is -0.0800. The summed E-state index contributed by atoms with van der Waals surface area (Å²) in [5.41, 5.74) is 0.516. The summed E-state index contributed by atoms with van der Waals surface area (Å²) in [6.45, 7) is 7.39. The predicted molar refractivity (Wildman–Crippen MR) is 74.3 cm³/mol. The first-order valence-electron chi connectivity index (χ1n) is 7.53. The van der Waals surface area contributed by atoms with E-state index in [2.05, 4.69) is 31.1 Å². The molecule has 0 aromatic heterocycles. The molecule has 2 heteroatoms. The summed E-state index contributed by atoms with van der Waals surface area (Å²) in [5, 5.41) is 3.67. The Bertz CT molecular complexity index is 231. The lowest BCUT2D eigenvalue weighted by Crippen LogP contribution is -2.51. The third-order valence-corrected chi connectivity index (χ3v) is 4.90. The van der Waals surface area contributed by atoms with Crippen molar-refractivity contribution in [1.82, 2.24) is 10.2 Å².